The Balaban J connectivity index is 2.03. The largest absolute Gasteiger partial charge is 0.618 e. The fourth-order valence-electron chi connectivity index (χ4n) is 3.20. The third-order valence-corrected chi connectivity index (χ3v) is 5.11. The van der Waals surface area contributed by atoms with E-state index >= 15 is 0 Å². The quantitative estimate of drug-likeness (QED) is 0.370. The zero-order chi connectivity index (χ0) is 18.7. The van der Waals surface area contributed by atoms with Crippen LogP contribution in [0.5, 0.6) is 0 Å². The number of aromatic nitrogens is 3. The number of hydrogen-bond acceptors (Lipinski definition) is 4. The van der Waals surface area contributed by atoms with Crippen LogP contribution in [0.15, 0.2) is 30.5 Å². The number of pyridine rings is 1. The zero-order valence-corrected chi connectivity index (χ0v) is 15.9. The van der Waals surface area contributed by atoms with Gasteiger partial charge in [0.05, 0.1) is 17.2 Å². The number of nitrogens with zero attached hydrogens (tertiary/aromatic N) is 3. The standard InChI is InChI=1S/C18H24N4O3S/c1-3-4-10-17-20-15-13-22(23)16-9-6-5-8-14(16)18(15)21(17)12-7-11-19-26(2,24)25/h5-6,8-9,13,19H,3-4,7,10-12H2,1-2H3. The van der Waals surface area contributed by atoms with Crippen molar-refractivity contribution < 1.29 is 13.1 Å². The van der Waals surface area contributed by atoms with E-state index in [9.17, 15) is 13.6 Å². The summed E-state index contributed by atoms with van der Waals surface area (Å²) in [6.07, 6.45) is 6.24. The maximum Gasteiger partial charge on any atom is 0.226 e. The molecular weight excluding hydrogens is 352 g/mol. The Morgan fingerprint density at radius 3 is 2.77 bits per heavy atom. The van der Waals surface area contributed by atoms with E-state index in [-0.39, 0.29) is 0 Å². The lowest BCUT2D eigenvalue weighted by molar-refractivity contribution is -0.575. The lowest BCUT2D eigenvalue weighted by Crippen LogP contribution is -2.26. The lowest BCUT2D eigenvalue weighted by Gasteiger charge is -2.11. The average molecular weight is 376 g/mol. The number of imidazole rings is 1. The summed E-state index contributed by atoms with van der Waals surface area (Å²) in [5.41, 5.74) is 2.23. The second-order valence-corrected chi connectivity index (χ2v) is 8.34. The van der Waals surface area contributed by atoms with E-state index in [1.807, 2.05) is 18.2 Å². The molecule has 0 amide bonds. The zero-order valence-electron chi connectivity index (χ0n) is 15.1. The van der Waals surface area contributed by atoms with E-state index in [2.05, 4.69) is 16.2 Å². The molecule has 8 heteroatoms. The number of benzene rings is 1. The Labute approximate surface area is 153 Å². The van der Waals surface area contributed by atoms with E-state index in [1.165, 1.54) is 6.20 Å². The molecule has 0 saturated carbocycles. The van der Waals surface area contributed by atoms with Crippen molar-refractivity contribution in [3.63, 3.8) is 0 Å². The van der Waals surface area contributed by atoms with E-state index in [1.54, 1.807) is 6.07 Å². The summed E-state index contributed by atoms with van der Waals surface area (Å²) in [7, 11) is -3.19. The Morgan fingerprint density at radius 2 is 2.04 bits per heavy atom. The summed E-state index contributed by atoms with van der Waals surface area (Å²) in [4.78, 5) is 4.69. The van der Waals surface area contributed by atoms with Gasteiger partial charge in [-0.3, -0.25) is 0 Å². The first-order valence-corrected chi connectivity index (χ1v) is 10.7. The Kier molecular flexibility index (Phi) is 5.43. The predicted molar refractivity (Wildman–Crippen MR) is 102 cm³/mol. The number of fused-ring (bicyclic) bond motifs is 3. The van der Waals surface area contributed by atoms with E-state index in [0.717, 1.165) is 47.0 Å². The molecule has 0 fully saturated rings. The normalized spacial score (nSPS) is 12.2. The van der Waals surface area contributed by atoms with Gasteiger partial charge in [0, 0.05) is 25.6 Å². The summed E-state index contributed by atoms with van der Waals surface area (Å²) >= 11 is 0. The van der Waals surface area contributed by atoms with Crippen molar-refractivity contribution >= 4 is 32.0 Å². The van der Waals surface area contributed by atoms with Gasteiger partial charge in [0.25, 0.3) is 0 Å². The summed E-state index contributed by atoms with van der Waals surface area (Å²) in [6, 6.07) is 7.49. The van der Waals surface area contributed by atoms with E-state index in [0.29, 0.717) is 30.5 Å². The van der Waals surface area contributed by atoms with Crippen LogP contribution < -0.4 is 9.45 Å². The molecule has 2 aromatic heterocycles. The molecule has 0 saturated heterocycles. The maximum atomic E-state index is 12.3. The van der Waals surface area contributed by atoms with Gasteiger partial charge in [-0.15, -0.1) is 0 Å². The minimum Gasteiger partial charge on any atom is -0.618 e. The first-order chi connectivity index (χ1) is 12.4. The first-order valence-electron chi connectivity index (χ1n) is 8.85. The van der Waals surface area contributed by atoms with Gasteiger partial charge in [0.2, 0.25) is 21.7 Å². The summed E-state index contributed by atoms with van der Waals surface area (Å²) in [5, 5.41) is 13.2. The van der Waals surface area contributed by atoms with E-state index < -0.39 is 10.0 Å². The molecule has 0 spiro atoms. The molecule has 2 heterocycles. The highest BCUT2D eigenvalue weighted by atomic mass is 32.2. The van der Waals surface area contributed by atoms with Crippen LogP contribution in [0.2, 0.25) is 0 Å². The van der Waals surface area contributed by atoms with Crippen molar-refractivity contribution in [1.29, 1.82) is 0 Å². The first kappa shape index (κ1) is 18.6. The van der Waals surface area contributed by atoms with Gasteiger partial charge in [-0.2, -0.15) is 4.73 Å². The van der Waals surface area contributed by atoms with Crippen LogP contribution in [0.4, 0.5) is 0 Å². The van der Waals surface area contributed by atoms with Crippen LogP contribution in [0.25, 0.3) is 21.9 Å². The summed E-state index contributed by atoms with van der Waals surface area (Å²) < 4.78 is 28.0. The van der Waals surface area contributed by atoms with Gasteiger partial charge < -0.3 is 9.77 Å². The molecule has 140 valence electrons. The molecule has 0 atom stereocenters. The highest BCUT2D eigenvalue weighted by Gasteiger charge is 2.18. The van der Waals surface area contributed by atoms with E-state index in [4.69, 9.17) is 4.98 Å². The Bertz CT molecular complexity index is 1030. The molecule has 7 nitrogen and oxygen atoms in total. The Morgan fingerprint density at radius 1 is 1.27 bits per heavy atom. The number of rotatable bonds is 8. The predicted octanol–water partition coefficient (Wildman–Crippen LogP) is 2.10. The highest BCUT2D eigenvalue weighted by Crippen LogP contribution is 2.25. The van der Waals surface area contributed by atoms with Gasteiger partial charge in [-0.05, 0) is 18.9 Å². The SMILES string of the molecule is CCCCc1nc2c[n+]([O-])c3ccccc3c2n1CCCNS(C)(=O)=O. The number of aryl methyl sites for hydroxylation is 2. The second-order valence-electron chi connectivity index (χ2n) is 6.51. The number of nitrogens with one attached hydrogen (secondary N) is 1. The number of unbranched alkanes of at least 4 members (excludes halogenated alkanes) is 1. The molecule has 1 aromatic carbocycles. The minimum atomic E-state index is -3.19. The van der Waals surface area contributed by atoms with Crippen molar-refractivity contribution in [2.75, 3.05) is 12.8 Å². The van der Waals surface area contributed by atoms with Crippen molar-refractivity contribution in [3.8, 4) is 0 Å². The molecule has 0 bridgehead atoms. The van der Waals surface area contributed by atoms with Gasteiger partial charge in [0.15, 0.2) is 5.52 Å². The Hall–Kier alpha value is -2.19. The smallest absolute Gasteiger partial charge is 0.226 e. The average Bonchev–Trinajstić information content (AvgIpc) is 2.93. The van der Waals surface area contributed by atoms with Crippen LogP contribution in [0, 0.1) is 5.21 Å². The fraction of sp³-hybridized carbons (Fsp3) is 0.444. The molecule has 3 rings (SSSR count). The van der Waals surface area contributed by atoms with Gasteiger partial charge in [0.1, 0.15) is 5.82 Å². The van der Waals surface area contributed by atoms with Gasteiger partial charge in [-0.25, -0.2) is 18.1 Å². The van der Waals surface area contributed by atoms with Gasteiger partial charge in [-0.1, -0.05) is 25.5 Å². The van der Waals surface area contributed by atoms with Crippen LogP contribution in [0.1, 0.15) is 32.0 Å². The third kappa shape index (κ3) is 3.96. The lowest BCUT2D eigenvalue weighted by atomic mass is 10.2. The maximum absolute atomic E-state index is 12.3. The van der Waals surface area contributed by atoms with Crippen molar-refractivity contribution in [1.82, 2.24) is 14.3 Å². The third-order valence-electron chi connectivity index (χ3n) is 4.39. The molecule has 1 N–H and O–H groups in total. The molecule has 0 aliphatic carbocycles. The topological polar surface area (TPSA) is 90.9 Å². The van der Waals surface area contributed by atoms with Crippen LogP contribution in [0.3, 0.4) is 0 Å². The fourth-order valence-corrected chi connectivity index (χ4v) is 3.72. The molecule has 26 heavy (non-hydrogen) atoms. The number of sulfonamides is 1. The second kappa shape index (κ2) is 7.59. The summed E-state index contributed by atoms with van der Waals surface area (Å²) in [6.45, 7) is 3.15. The monoisotopic (exact) mass is 376 g/mol. The van der Waals surface area contributed by atoms with Gasteiger partial charge >= 0.3 is 0 Å². The van der Waals surface area contributed by atoms with Crippen LogP contribution >= 0.6 is 0 Å². The van der Waals surface area contributed by atoms with Crippen molar-refractivity contribution in [3.05, 3.63) is 41.5 Å². The molecular formula is C18H24N4O3S. The molecule has 3 aromatic rings. The summed E-state index contributed by atoms with van der Waals surface area (Å²) in [5.74, 6) is 0.942. The number of hydrogen-bond donors (Lipinski definition) is 1. The van der Waals surface area contributed by atoms with Crippen molar-refractivity contribution in [2.45, 2.75) is 39.2 Å². The molecule has 0 radical (unpaired) electrons. The molecule has 0 aliphatic heterocycles. The highest BCUT2D eigenvalue weighted by molar-refractivity contribution is 7.88. The number of para-hydroxylation sites is 1. The van der Waals surface area contributed by atoms with Crippen molar-refractivity contribution in [2.24, 2.45) is 0 Å². The van der Waals surface area contributed by atoms with Crippen LogP contribution in [-0.4, -0.2) is 30.8 Å². The molecule has 0 unspecified atom stereocenters. The van der Waals surface area contributed by atoms with Crippen LogP contribution in [-0.2, 0) is 23.0 Å². The molecule has 0 aliphatic rings. The minimum absolute atomic E-state index is 0.373.